The summed E-state index contributed by atoms with van der Waals surface area (Å²) in [4.78, 5) is 26.3. The molecule has 0 aliphatic carbocycles. The number of benzene rings is 1. The molecule has 0 spiro atoms. The first-order chi connectivity index (χ1) is 10.9. The van der Waals surface area contributed by atoms with Crippen LogP contribution in [0.25, 0.3) is 0 Å². The number of aryl methyl sites for hydroxylation is 1. The molecule has 23 heavy (non-hydrogen) atoms. The number of rotatable bonds is 5. The van der Waals surface area contributed by atoms with Gasteiger partial charge in [-0.15, -0.1) is 0 Å². The molecule has 1 heterocycles. The largest absolute Gasteiger partial charge is 0.496 e. The van der Waals surface area contributed by atoms with Crippen LogP contribution in [0.2, 0.25) is 0 Å². The molecule has 1 aliphatic rings. The van der Waals surface area contributed by atoms with Crippen molar-refractivity contribution in [3.8, 4) is 11.8 Å². The summed E-state index contributed by atoms with van der Waals surface area (Å²) in [7, 11) is 1.59. The zero-order valence-corrected chi connectivity index (χ0v) is 13.8. The van der Waals surface area contributed by atoms with Gasteiger partial charge < -0.3 is 10.1 Å². The van der Waals surface area contributed by atoms with Crippen LogP contribution in [-0.2, 0) is 10.3 Å². The van der Waals surface area contributed by atoms with E-state index in [2.05, 4.69) is 11.4 Å². The van der Waals surface area contributed by atoms with E-state index in [9.17, 15) is 9.59 Å². The number of carbonyl (C=O) groups is 2. The minimum absolute atomic E-state index is 0.0953. The highest BCUT2D eigenvalue weighted by atomic mass is 16.5. The number of nitriles is 1. The van der Waals surface area contributed by atoms with E-state index in [1.165, 1.54) is 0 Å². The summed E-state index contributed by atoms with van der Waals surface area (Å²) in [6.07, 6.45) is 0.431. The molecule has 0 aromatic heterocycles. The molecule has 0 saturated carbocycles. The molecule has 0 bridgehead atoms. The van der Waals surface area contributed by atoms with Crippen molar-refractivity contribution in [3.05, 3.63) is 29.3 Å². The zero-order valence-electron chi connectivity index (χ0n) is 13.8. The topological polar surface area (TPSA) is 82.4 Å². The number of urea groups is 1. The SMILES string of the molecule is CCC1(c2ccc(OC)c(C)c2)NC(=O)N(CC(C)C#N)C1=O. The standard InChI is InChI=1S/C17H21N3O3/c1-5-17(13-6-7-14(23-4)12(3)8-13)15(21)20(16(22)19-17)10-11(2)9-18/h6-8,11H,5,10H2,1-4H3,(H,19,22). The van der Waals surface area contributed by atoms with E-state index < -0.39 is 17.5 Å². The molecule has 6 heteroatoms. The number of hydrogen-bond donors (Lipinski definition) is 1. The van der Waals surface area contributed by atoms with E-state index in [1.54, 1.807) is 26.2 Å². The van der Waals surface area contributed by atoms with Crippen molar-refractivity contribution >= 4 is 11.9 Å². The van der Waals surface area contributed by atoms with Crippen molar-refractivity contribution in [3.63, 3.8) is 0 Å². The molecular weight excluding hydrogens is 294 g/mol. The van der Waals surface area contributed by atoms with Gasteiger partial charge in [0, 0.05) is 6.54 Å². The summed E-state index contributed by atoms with van der Waals surface area (Å²) in [6.45, 7) is 5.53. The summed E-state index contributed by atoms with van der Waals surface area (Å²) in [6, 6.07) is 7.05. The molecule has 122 valence electrons. The fourth-order valence-electron chi connectivity index (χ4n) is 2.89. The maximum absolute atomic E-state index is 12.9. The Morgan fingerprint density at radius 1 is 1.43 bits per heavy atom. The first-order valence-corrected chi connectivity index (χ1v) is 7.58. The van der Waals surface area contributed by atoms with Crippen LogP contribution >= 0.6 is 0 Å². The van der Waals surface area contributed by atoms with Gasteiger partial charge in [-0.05, 0) is 43.5 Å². The van der Waals surface area contributed by atoms with Crippen LogP contribution in [-0.4, -0.2) is 30.5 Å². The van der Waals surface area contributed by atoms with Crippen molar-refractivity contribution in [1.82, 2.24) is 10.2 Å². The second-order valence-corrected chi connectivity index (χ2v) is 5.82. The Hall–Kier alpha value is -2.55. The minimum atomic E-state index is -1.08. The lowest BCUT2D eigenvalue weighted by atomic mass is 9.86. The molecule has 1 aliphatic heterocycles. The van der Waals surface area contributed by atoms with E-state index in [0.29, 0.717) is 6.42 Å². The van der Waals surface area contributed by atoms with Gasteiger partial charge >= 0.3 is 6.03 Å². The van der Waals surface area contributed by atoms with Gasteiger partial charge in [-0.2, -0.15) is 5.26 Å². The summed E-state index contributed by atoms with van der Waals surface area (Å²) >= 11 is 0. The Bertz CT molecular complexity index is 680. The molecule has 2 atom stereocenters. The Labute approximate surface area is 136 Å². The number of amides is 3. The molecule has 2 unspecified atom stereocenters. The number of hydrogen-bond acceptors (Lipinski definition) is 4. The Balaban J connectivity index is 2.42. The van der Waals surface area contributed by atoms with Gasteiger partial charge in [0.1, 0.15) is 11.3 Å². The van der Waals surface area contributed by atoms with Crippen LogP contribution < -0.4 is 10.1 Å². The van der Waals surface area contributed by atoms with Crippen molar-refractivity contribution < 1.29 is 14.3 Å². The molecule has 1 aromatic rings. The number of carbonyl (C=O) groups excluding carboxylic acids is 2. The fraction of sp³-hybridized carbons (Fsp3) is 0.471. The summed E-state index contributed by atoms with van der Waals surface area (Å²) in [5, 5.41) is 11.7. The lowest BCUT2D eigenvalue weighted by Crippen LogP contribution is -2.43. The summed E-state index contributed by atoms with van der Waals surface area (Å²) in [5.41, 5.74) is 0.538. The summed E-state index contributed by atoms with van der Waals surface area (Å²) < 4.78 is 5.25. The highest BCUT2D eigenvalue weighted by Gasteiger charge is 2.51. The third kappa shape index (κ3) is 2.74. The van der Waals surface area contributed by atoms with Gasteiger partial charge in [0.15, 0.2) is 0 Å². The Morgan fingerprint density at radius 3 is 2.65 bits per heavy atom. The van der Waals surface area contributed by atoms with Crippen LogP contribution in [0.4, 0.5) is 4.79 Å². The number of ether oxygens (including phenoxy) is 1. The maximum atomic E-state index is 12.9. The normalized spacial score (nSPS) is 21.8. The predicted octanol–water partition coefficient (Wildman–Crippen LogP) is 2.32. The third-order valence-electron chi connectivity index (χ3n) is 4.27. The fourth-order valence-corrected chi connectivity index (χ4v) is 2.89. The Kier molecular flexibility index (Phi) is 4.60. The molecule has 2 rings (SSSR count). The van der Waals surface area contributed by atoms with Gasteiger partial charge in [-0.3, -0.25) is 9.69 Å². The highest BCUT2D eigenvalue weighted by molar-refractivity contribution is 6.07. The summed E-state index contributed by atoms with van der Waals surface area (Å²) in [5.74, 6) is 0.0124. The highest BCUT2D eigenvalue weighted by Crippen LogP contribution is 2.34. The second kappa shape index (κ2) is 6.29. The average molecular weight is 315 g/mol. The van der Waals surface area contributed by atoms with Crippen LogP contribution in [0.3, 0.4) is 0 Å². The molecule has 1 N–H and O–H groups in total. The van der Waals surface area contributed by atoms with Crippen molar-refractivity contribution in [2.24, 2.45) is 5.92 Å². The van der Waals surface area contributed by atoms with Crippen LogP contribution in [0.1, 0.15) is 31.4 Å². The van der Waals surface area contributed by atoms with E-state index in [4.69, 9.17) is 10.00 Å². The van der Waals surface area contributed by atoms with E-state index in [0.717, 1.165) is 21.8 Å². The van der Waals surface area contributed by atoms with Gasteiger partial charge in [0.25, 0.3) is 5.91 Å². The van der Waals surface area contributed by atoms with Gasteiger partial charge in [-0.25, -0.2) is 4.79 Å². The van der Waals surface area contributed by atoms with Crippen LogP contribution in [0.15, 0.2) is 18.2 Å². The first-order valence-electron chi connectivity index (χ1n) is 7.58. The van der Waals surface area contributed by atoms with Crippen LogP contribution in [0.5, 0.6) is 5.75 Å². The van der Waals surface area contributed by atoms with E-state index in [1.807, 2.05) is 19.9 Å². The predicted molar refractivity (Wildman–Crippen MR) is 84.7 cm³/mol. The van der Waals surface area contributed by atoms with Gasteiger partial charge in [-0.1, -0.05) is 13.0 Å². The quantitative estimate of drug-likeness (QED) is 0.845. The maximum Gasteiger partial charge on any atom is 0.325 e. The third-order valence-corrected chi connectivity index (χ3v) is 4.27. The van der Waals surface area contributed by atoms with Gasteiger partial charge in [0.2, 0.25) is 0 Å². The lowest BCUT2D eigenvalue weighted by molar-refractivity contribution is -0.132. The monoisotopic (exact) mass is 315 g/mol. The van der Waals surface area contributed by atoms with Crippen molar-refractivity contribution in [1.29, 1.82) is 5.26 Å². The molecule has 6 nitrogen and oxygen atoms in total. The van der Waals surface area contributed by atoms with Crippen molar-refractivity contribution in [2.45, 2.75) is 32.7 Å². The van der Waals surface area contributed by atoms with Crippen LogP contribution in [0, 0.1) is 24.2 Å². The van der Waals surface area contributed by atoms with Crippen molar-refractivity contribution in [2.75, 3.05) is 13.7 Å². The number of nitrogens with zero attached hydrogens (tertiary/aromatic N) is 2. The van der Waals surface area contributed by atoms with Gasteiger partial charge in [0.05, 0.1) is 19.1 Å². The number of methoxy groups -OCH3 is 1. The first kappa shape index (κ1) is 16.8. The van der Waals surface area contributed by atoms with E-state index in [-0.39, 0.29) is 12.5 Å². The number of imide groups is 1. The molecule has 1 saturated heterocycles. The minimum Gasteiger partial charge on any atom is -0.496 e. The molecule has 0 radical (unpaired) electrons. The molecule has 1 aromatic carbocycles. The molecule has 3 amide bonds. The second-order valence-electron chi connectivity index (χ2n) is 5.82. The zero-order chi connectivity index (χ0) is 17.2. The lowest BCUT2D eigenvalue weighted by Gasteiger charge is -2.26. The smallest absolute Gasteiger partial charge is 0.325 e. The average Bonchev–Trinajstić information content (AvgIpc) is 2.79. The molecule has 1 fully saturated rings. The Morgan fingerprint density at radius 2 is 2.13 bits per heavy atom. The van der Waals surface area contributed by atoms with E-state index >= 15 is 0 Å². The molecular formula is C17H21N3O3. The number of nitrogens with one attached hydrogen (secondary N) is 1.